The van der Waals surface area contributed by atoms with E-state index >= 15 is 0 Å². The number of guanidine groups is 1. The van der Waals surface area contributed by atoms with Crippen LogP contribution in [0.3, 0.4) is 0 Å². The summed E-state index contributed by atoms with van der Waals surface area (Å²) in [6, 6.07) is 8.16. The SMILES string of the molecule is NC(N)=NCCCCCNc1noc(Cc2c[nH]c3ccccc23)n1. The first-order chi connectivity index (χ1) is 12.2. The first-order valence-corrected chi connectivity index (χ1v) is 8.39. The molecule has 0 saturated carbocycles. The predicted molar refractivity (Wildman–Crippen MR) is 98.4 cm³/mol. The number of H-pyrrole nitrogens is 1. The molecule has 0 amide bonds. The van der Waals surface area contributed by atoms with Crippen molar-refractivity contribution in [3.8, 4) is 0 Å². The fourth-order valence-corrected chi connectivity index (χ4v) is 2.66. The average molecular weight is 341 g/mol. The monoisotopic (exact) mass is 341 g/mol. The molecular formula is C17H23N7O. The summed E-state index contributed by atoms with van der Waals surface area (Å²) in [5.74, 6) is 1.27. The highest BCUT2D eigenvalue weighted by Gasteiger charge is 2.10. The van der Waals surface area contributed by atoms with Crippen molar-refractivity contribution in [3.05, 3.63) is 41.9 Å². The Morgan fingerprint density at radius 3 is 2.96 bits per heavy atom. The van der Waals surface area contributed by atoms with Crippen LogP contribution < -0.4 is 16.8 Å². The summed E-state index contributed by atoms with van der Waals surface area (Å²) in [4.78, 5) is 11.6. The maximum absolute atomic E-state index is 5.33. The second-order valence-corrected chi connectivity index (χ2v) is 5.84. The summed E-state index contributed by atoms with van der Waals surface area (Å²) in [6.07, 6.45) is 5.57. The maximum atomic E-state index is 5.33. The van der Waals surface area contributed by atoms with Gasteiger partial charge in [0, 0.05) is 30.2 Å². The number of nitrogens with two attached hydrogens (primary N) is 2. The Hall–Kier alpha value is -3.03. The Bertz CT molecular complexity index is 832. The highest BCUT2D eigenvalue weighted by molar-refractivity contribution is 5.83. The van der Waals surface area contributed by atoms with Crippen molar-refractivity contribution in [1.82, 2.24) is 15.1 Å². The van der Waals surface area contributed by atoms with Crippen molar-refractivity contribution in [3.63, 3.8) is 0 Å². The van der Waals surface area contributed by atoms with Crippen LogP contribution in [0.2, 0.25) is 0 Å². The van der Waals surface area contributed by atoms with Crippen LogP contribution in [0.5, 0.6) is 0 Å². The first-order valence-electron chi connectivity index (χ1n) is 8.39. The number of aromatic amines is 1. The zero-order valence-electron chi connectivity index (χ0n) is 14.0. The van der Waals surface area contributed by atoms with Crippen LogP contribution in [-0.4, -0.2) is 34.2 Å². The van der Waals surface area contributed by atoms with Crippen LogP contribution in [-0.2, 0) is 6.42 Å². The van der Waals surface area contributed by atoms with Crippen molar-refractivity contribution < 1.29 is 4.52 Å². The lowest BCUT2D eigenvalue weighted by molar-refractivity contribution is 0.386. The number of nitrogens with zero attached hydrogens (tertiary/aromatic N) is 3. The van der Waals surface area contributed by atoms with Gasteiger partial charge in [-0.3, -0.25) is 4.99 Å². The van der Waals surface area contributed by atoms with Crippen molar-refractivity contribution in [2.75, 3.05) is 18.4 Å². The molecule has 0 radical (unpaired) electrons. The van der Waals surface area contributed by atoms with Crippen molar-refractivity contribution in [2.24, 2.45) is 16.5 Å². The molecule has 0 unspecified atom stereocenters. The summed E-state index contributed by atoms with van der Waals surface area (Å²) in [7, 11) is 0. The van der Waals surface area contributed by atoms with E-state index in [1.54, 1.807) is 0 Å². The molecule has 8 heteroatoms. The molecule has 0 aliphatic carbocycles. The Morgan fingerprint density at radius 2 is 2.08 bits per heavy atom. The Kier molecular flexibility index (Phi) is 5.50. The molecule has 2 heterocycles. The van der Waals surface area contributed by atoms with Crippen LogP contribution in [0.25, 0.3) is 10.9 Å². The first kappa shape index (κ1) is 16.8. The maximum Gasteiger partial charge on any atom is 0.263 e. The molecule has 6 N–H and O–H groups in total. The molecule has 1 aromatic carbocycles. The number of fused-ring (bicyclic) bond motifs is 1. The lowest BCUT2D eigenvalue weighted by Gasteiger charge is -2.00. The number of aliphatic imine (C=N–C) groups is 1. The number of rotatable bonds is 9. The lowest BCUT2D eigenvalue weighted by Crippen LogP contribution is -2.22. The molecule has 25 heavy (non-hydrogen) atoms. The van der Waals surface area contributed by atoms with Gasteiger partial charge in [0.05, 0.1) is 6.42 Å². The summed E-state index contributed by atoms with van der Waals surface area (Å²) >= 11 is 0. The van der Waals surface area contributed by atoms with E-state index in [4.69, 9.17) is 16.0 Å². The topological polar surface area (TPSA) is 131 Å². The van der Waals surface area contributed by atoms with Gasteiger partial charge in [-0.2, -0.15) is 4.98 Å². The molecule has 0 fully saturated rings. The highest BCUT2D eigenvalue weighted by atomic mass is 16.5. The van der Waals surface area contributed by atoms with E-state index in [0.29, 0.717) is 24.8 Å². The number of benzene rings is 1. The predicted octanol–water partition coefficient (Wildman–Crippen LogP) is 2.00. The second kappa shape index (κ2) is 8.18. The molecule has 132 valence electrons. The van der Waals surface area contributed by atoms with Crippen molar-refractivity contribution >= 4 is 22.8 Å². The minimum Gasteiger partial charge on any atom is -0.370 e. The average Bonchev–Trinajstić information content (AvgIpc) is 3.22. The Balaban J connectivity index is 1.44. The number of hydrogen-bond acceptors (Lipinski definition) is 5. The molecule has 0 bridgehead atoms. The van der Waals surface area contributed by atoms with Gasteiger partial charge in [0.2, 0.25) is 5.89 Å². The van der Waals surface area contributed by atoms with E-state index in [9.17, 15) is 0 Å². The normalized spacial score (nSPS) is 10.9. The number of aromatic nitrogens is 3. The molecule has 0 aliphatic heterocycles. The summed E-state index contributed by atoms with van der Waals surface area (Å²) in [6.45, 7) is 1.45. The van der Waals surface area contributed by atoms with Gasteiger partial charge in [-0.25, -0.2) is 0 Å². The molecule has 3 aromatic rings. The van der Waals surface area contributed by atoms with E-state index in [0.717, 1.165) is 36.9 Å². The molecule has 0 aliphatic rings. The van der Waals surface area contributed by atoms with Crippen molar-refractivity contribution in [1.29, 1.82) is 0 Å². The van der Waals surface area contributed by atoms with Gasteiger partial charge in [0.15, 0.2) is 5.96 Å². The Labute approximate surface area is 145 Å². The van der Waals surface area contributed by atoms with Gasteiger partial charge < -0.3 is 26.3 Å². The number of hydrogen-bond donors (Lipinski definition) is 4. The third kappa shape index (κ3) is 4.72. The van der Waals surface area contributed by atoms with Gasteiger partial charge in [0.1, 0.15) is 0 Å². The lowest BCUT2D eigenvalue weighted by atomic mass is 10.1. The third-order valence-corrected chi connectivity index (χ3v) is 3.90. The molecule has 8 nitrogen and oxygen atoms in total. The van der Waals surface area contributed by atoms with E-state index in [1.165, 1.54) is 5.39 Å². The minimum absolute atomic E-state index is 0.146. The minimum atomic E-state index is 0.146. The van der Waals surface area contributed by atoms with Gasteiger partial charge >= 0.3 is 0 Å². The molecule has 3 rings (SSSR count). The molecule has 2 aromatic heterocycles. The summed E-state index contributed by atoms with van der Waals surface area (Å²) in [5, 5.41) is 8.32. The van der Waals surface area contributed by atoms with E-state index in [-0.39, 0.29) is 5.96 Å². The van der Waals surface area contributed by atoms with E-state index in [1.807, 2.05) is 24.4 Å². The standard InChI is InChI=1S/C17H23N7O/c18-16(19)20-8-4-1-5-9-21-17-23-15(25-24-17)10-12-11-22-14-7-3-2-6-13(12)14/h2-3,6-7,11,22H,1,4-5,8-10H2,(H,21,24)(H4,18,19,20). The van der Waals surface area contributed by atoms with Crippen molar-refractivity contribution in [2.45, 2.75) is 25.7 Å². The quantitative estimate of drug-likeness (QED) is 0.267. The second-order valence-electron chi connectivity index (χ2n) is 5.84. The summed E-state index contributed by atoms with van der Waals surface area (Å²) < 4.78 is 5.33. The van der Waals surface area contributed by atoms with E-state index < -0.39 is 0 Å². The smallest absolute Gasteiger partial charge is 0.263 e. The van der Waals surface area contributed by atoms with Crippen LogP contribution in [0.4, 0.5) is 5.95 Å². The van der Waals surface area contributed by atoms with Crippen LogP contribution in [0.1, 0.15) is 30.7 Å². The summed E-state index contributed by atoms with van der Waals surface area (Å²) in [5.41, 5.74) is 12.8. The highest BCUT2D eigenvalue weighted by Crippen LogP contribution is 2.20. The molecule has 0 atom stereocenters. The van der Waals surface area contributed by atoms with Crippen LogP contribution in [0.15, 0.2) is 40.0 Å². The van der Waals surface area contributed by atoms with Gasteiger partial charge in [-0.15, -0.1) is 0 Å². The van der Waals surface area contributed by atoms with Gasteiger partial charge in [-0.1, -0.05) is 18.2 Å². The number of unbranched alkanes of at least 4 members (excludes halogenated alkanes) is 2. The largest absolute Gasteiger partial charge is 0.370 e. The number of nitrogens with one attached hydrogen (secondary N) is 2. The zero-order chi connectivity index (χ0) is 17.5. The van der Waals surface area contributed by atoms with Crippen LogP contribution in [0, 0.1) is 0 Å². The van der Waals surface area contributed by atoms with Crippen LogP contribution >= 0.6 is 0 Å². The number of anilines is 1. The fraction of sp³-hybridized carbons (Fsp3) is 0.353. The molecule has 0 spiro atoms. The molecule has 0 saturated heterocycles. The van der Waals surface area contributed by atoms with Gasteiger partial charge in [-0.05, 0) is 36.0 Å². The van der Waals surface area contributed by atoms with E-state index in [2.05, 4.69) is 31.5 Å². The third-order valence-electron chi connectivity index (χ3n) is 3.90. The number of para-hydroxylation sites is 1. The van der Waals surface area contributed by atoms with Gasteiger partial charge in [0.25, 0.3) is 5.95 Å². The Morgan fingerprint density at radius 1 is 1.20 bits per heavy atom. The molecular weight excluding hydrogens is 318 g/mol. The zero-order valence-corrected chi connectivity index (χ0v) is 14.0. The fourth-order valence-electron chi connectivity index (χ4n) is 2.66.